The number of benzene rings is 3. The summed E-state index contributed by atoms with van der Waals surface area (Å²) >= 11 is 0. The van der Waals surface area contributed by atoms with Crippen molar-refractivity contribution in [1.82, 2.24) is 0 Å². The fourth-order valence-corrected chi connectivity index (χ4v) is 19.6. The molecule has 3 rings (SSSR count). The van der Waals surface area contributed by atoms with Gasteiger partial charge in [-0.25, -0.2) is 0 Å². The Morgan fingerprint density at radius 1 is 0.274 bits per heavy atom. The maximum absolute atomic E-state index is 6.18. The van der Waals surface area contributed by atoms with Gasteiger partial charge in [-0.3, -0.25) is 0 Å². The Morgan fingerprint density at radius 2 is 0.507 bits per heavy atom. The van der Waals surface area contributed by atoms with Gasteiger partial charge >= 0.3 is 0 Å². The van der Waals surface area contributed by atoms with Gasteiger partial charge < -0.3 is 28.4 Å². The summed E-state index contributed by atoms with van der Waals surface area (Å²) in [5, 5.41) is 0. The van der Waals surface area contributed by atoms with E-state index in [2.05, 4.69) is 133 Å². The molecule has 0 radical (unpaired) electrons. The fraction of sp³-hybridized carbons (Fsp3) is 0.714. The van der Waals surface area contributed by atoms with E-state index in [4.69, 9.17) is 28.4 Å². The molecule has 3 aromatic carbocycles. The zero-order valence-corrected chi connectivity index (χ0v) is 52.6. The molecule has 416 valence electrons. The summed E-state index contributed by atoms with van der Waals surface area (Å²) in [5.41, 5.74) is 0. The minimum atomic E-state index is -1.14. The maximum atomic E-state index is 6.18. The predicted molar refractivity (Wildman–Crippen MR) is 326 cm³/mol. The quantitative estimate of drug-likeness (QED) is 0.0319. The van der Waals surface area contributed by atoms with Crippen molar-refractivity contribution in [3.05, 3.63) is 72.8 Å². The lowest BCUT2D eigenvalue weighted by Crippen LogP contribution is -2.25. The molecule has 0 amide bonds. The van der Waals surface area contributed by atoms with Gasteiger partial charge in [0.15, 0.2) is 14.7 Å². The second-order valence-corrected chi connectivity index (χ2v) is 41.5. The lowest BCUT2D eigenvalue weighted by molar-refractivity contribution is 0.100. The molecule has 0 N–H and O–H groups in total. The van der Waals surface area contributed by atoms with Crippen LogP contribution in [0.15, 0.2) is 87.5 Å². The van der Waals surface area contributed by atoms with E-state index in [1.165, 1.54) is 167 Å². The third-order valence-electron chi connectivity index (χ3n) is 14.7. The molecule has 0 fully saturated rings. The van der Waals surface area contributed by atoms with E-state index in [1.807, 2.05) is 0 Å². The van der Waals surface area contributed by atoms with Gasteiger partial charge in [-0.05, 0) is 92.1 Å². The molecule has 0 saturated heterocycles. The smallest absolute Gasteiger partial charge is 0.166 e. The average molecular weight is 1080 g/mol. The van der Waals surface area contributed by atoms with E-state index in [0.29, 0.717) is 39.6 Å². The number of hydrogen-bond donors (Lipinski definition) is 0. The molecule has 0 heterocycles. The van der Waals surface area contributed by atoms with E-state index in [9.17, 15) is 0 Å². The van der Waals surface area contributed by atoms with Crippen molar-refractivity contribution < 1.29 is 28.4 Å². The third kappa shape index (κ3) is 32.3. The van der Waals surface area contributed by atoms with Crippen LogP contribution in [0.3, 0.4) is 0 Å². The molecule has 0 atom stereocenters. The lowest BCUT2D eigenvalue weighted by atomic mass is 10.1. The second kappa shape index (κ2) is 40.2. The highest BCUT2D eigenvalue weighted by atomic mass is 32.2. The number of ether oxygens (including phenoxy) is 6. The molecular weight excluding hydrogens is 969 g/mol. The highest BCUT2D eigenvalue weighted by molar-refractivity contribution is 7.97. The first kappa shape index (κ1) is 65.2. The van der Waals surface area contributed by atoms with Crippen LogP contribution in [0.2, 0.25) is 75.5 Å². The number of hydrogen-bond acceptors (Lipinski definition) is 6. The molecule has 0 aliphatic rings. The monoisotopic (exact) mass is 1080 g/mol. The van der Waals surface area contributed by atoms with Crippen LogP contribution >= 0.6 is 0 Å². The van der Waals surface area contributed by atoms with Crippen LogP contribution in [0, 0.1) is 0 Å². The molecule has 0 aliphatic heterocycles. The summed E-state index contributed by atoms with van der Waals surface area (Å²) in [5.74, 6) is 2.62. The van der Waals surface area contributed by atoms with E-state index >= 15 is 0 Å². The summed E-state index contributed by atoms with van der Waals surface area (Å²) in [6.45, 7) is 28.2. The molecule has 0 spiro atoms. The van der Waals surface area contributed by atoms with E-state index in [0.717, 1.165) is 56.3 Å². The molecule has 0 aromatic heterocycles. The summed E-state index contributed by atoms with van der Waals surface area (Å²) < 4.78 is 36.7. The normalized spacial score (nSPS) is 12.2. The Balaban J connectivity index is 1.49. The van der Waals surface area contributed by atoms with Gasteiger partial charge in [0.25, 0.3) is 0 Å². The van der Waals surface area contributed by atoms with Gasteiger partial charge in [-0.2, -0.15) is 0 Å². The first-order valence-corrected chi connectivity index (χ1v) is 41.5. The van der Waals surface area contributed by atoms with Crippen molar-refractivity contribution in [2.24, 2.45) is 0 Å². The molecule has 73 heavy (non-hydrogen) atoms. The van der Waals surface area contributed by atoms with Gasteiger partial charge in [0.05, 0.1) is 30.7 Å². The van der Waals surface area contributed by atoms with Crippen molar-refractivity contribution in [2.75, 3.05) is 59.5 Å². The van der Waals surface area contributed by atoms with Crippen LogP contribution in [0.1, 0.15) is 156 Å². The van der Waals surface area contributed by atoms with Gasteiger partial charge in [0, 0.05) is 44.0 Å². The molecule has 3 aromatic rings. The van der Waals surface area contributed by atoms with Crippen LogP contribution in [-0.4, -0.2) is 83.7 Å². The van der Waals surface area contributed by atoms with E-state index in [1.54, 1.807) is 0 Å². The van der Waals surface area contributed by atoms with Crippen LogP contribution in [0.4, 0.5) is 0 Å². The molecule has 0 aliphatic carbocycles. The van der Waals surface area contributed by atoms with Gasteiger partial charge in [0.2, 0.25) is 0 Å². The van der Waals surface area contributed by atoms with Crippen molar-refractivity contribution >= 4 is 35.1 Å². The maximum Gasteiger partial charge on any atom is 0.166 e. The van der Waals surface area contributed by atoms with Gasteiger partial charge in [-0.15, -0.1) is 0 Å². The summed E-state index contributed by atoms with van der Waals surface area (Å²) in [4.78, 5) is 3.70. The van der Waals surface area contributed by atoms with Crippen molar-refractivity contribution in [1.29, 1.82) is 0 Å². The zero-order chi connectivity index (χ0) is 52.7. The molecule has 10 heteroatoms. The van der Waals surface area contributed by atoms with Crippen molar-refractivity contribution in [3.63, 3.8) is 0 Å². The van der Waals surface area contributed by atoms with Crippen LogP contribution in [0.25, 0.3) is 0 Å². The second-order valence-electron chi connectivity index (χ2n) is 23.5. The molecule has 6 nitrogen and oxygen atoms in total. The molecule has 0 unspecified atom stereocenters. The SMILES string of the molecule is CCCCCCCC[Si](C)(C)CCCOCCOc1ccc([S+](c2ccc(OCCOCCC[Si](C)(C)CCCCCCCC)cc2)c2ccc(OCCOCCC[Si](C)(C)CCCCCCCC)cc2)cc1. The first-order valence-electron chi connectivity index (χ1n) is 30.0. The summed E-state index contributed by atoms with van der Waals surface area (Å²) in [6, 6.07) is 34.4. The van der Waals surface area contributed by atoms with Gasteiger partial charge in [0.1, 0.15) is 37.1 Å². The van der Waals surface area contributed by atoms with E-state index in [-0.39, 0.29) is 10.9 Å². The number of rotatable bonds is 48. The average Bonchev–Trinajstić information content (AvgIpc) is 3.37. The summed E-state index contributed by atoms with van der Waals surface area (Å²) in [6.07, 6.45) is 28.5. The summed E-state index contributed by atoms with van der Waals surface area (Å²) in [7, 11) is -3.75. The Morgan fingerprint density at radius 3 is 0.767 bits per heavy atom. The minimum absolute atomic E-state index is 0.341. The molecule has 0 saturated carbocycles. The van der Waals surface area contributed by atoms with Crippen molar-refractivity contribution in [3.8, 4) is 17.2 Å². The van der Waals surface area contributed by atoms with E-state index < -0.39 is 24.2 Å². The molecular formula is C63H111O6SSi3+. The fourth-order valence-electron chi connectivity index (χ4n) is 9.87. The Hall–Kier alpha value is -2.06. The van der Waals surface area contributed by atoms with Gasteiger partial charge in [-0.1, -0.05) is 212 Å². The predicted octanol–water partition coefficient (Wildman–Crippen LogP) is 19.3. The minimum Gasteiger partial charge on any atom is -0.491 e. The third-order valence-corrected chi connectivity index (χ3v) is 27.2. The van der Waals surface area contributed by atoms with Crippen molar-refractivity contribution in [2.45, 2.75) is 246 Å². The van der Waals surface area contributed by atoms with Crippen LogP contribution in [0.5, 0.6) is 17.2 Å². The Bertz CT molecular complexity index is 1540. The number of unbranched alkanes of at least 4 members (excludes halogenated alkanes) is 15. The molecule has 0 bridgehead atoms. The Labute approximate surface area is 456 Å². The standard InChI is InChI=1S/C63H111O6SSi3/c1-10-13-16-19-22-25-52-71(4,5)55-28-43-64-46-49-67-58-31-37-61(38-32-58)70(62-39-33-59(34-40-62)68-50-47-65-44-29-56-72(6,7)53-26-23-20-17-14-11-2)63-41-35-60(36-42-63)69-51-48-66-45-30-57-73(8,9)54-27-24-21-18-15-12-3/h31-42H,10-30,43-57H2,1-9H3/q+1. The highest BCUT2D eigenvalue weighted by Crippen LogP contribution is 2.34. The highest BCUT2D eigenvalue weighted by Gasteiger charge is 2.29. The first-order chi connectivity index (χ1) is 35.4. The van der Waals surface area contributed by atoms with Crippen LogP contribution < -0.4 is 14.2 Å². The lowest BCUT2D eigenvalue weighted by Gasteiger charge is -2.22. The zero-order valence-electron chi connectivity index (χ0n) is 48.7. The van der Waals surface area contributed by atoms with Crippen LogP contribution in [-0.2, 0) is 25.1 Å². The Kier molecular flexibility index (Phi) is 35.9. The topological polar surface area (TPSA) is 55.4 Å². The largest absolute Gasteiger partial charge is 0.491 e.